The Morgan fingerprint density at radius 3 is 2.56 bits per heavy atom. The molecule has 0 saturated carbocycles. The number of hydrogen-bond acceptors (Lipinski definition) is 2. The number of nitrogen functional groups attached to an aromatic ring is 1. The van der Waals surface area contributed by atoms with E-state index in [9.17, 15) is 0 Å². The van der Waals surface area contributed by atoms with E-state index in [4.69, 9.17) is 28.9 Å². The first-order valence-electron chi connectivity index (χ1n) is 5.61. The van der Waals surface area contributed by atoms with Crippen LogP contribution in [0.25, 0.3) is 0 Å². The standard InChI is InChI=1S/C14H14Cl2N2/c1-9-6-12(16)14(7-11(9)15)18-8-10-4-2-3-5-13(10)17/h2-7,18H,8,17H2,1H3. The third-order valence-electron chi connectivity index (χ3n) is 2.77. The van der Waals surface area contributed by atoms with Gasteiger partial charge in [0, 0.05) is 17.3 Å². The van der Waals surface area contributed by atoms with Crippen molar-refractivity contribution in [2.45, 2.75) is 13.5 Å². The van der Waals surface area contributed by atoms with Crippen LogP contribution in [-0.4, -0.2) is 0 Å². The first-order chi connectivity index (χ1) is 8.58. The molecule has 4 heteroatoms. The Kier molecular flexibility index (Phi) is 4.00. The smallest absolute Gasteiger partial charge is 0.0641 e. The summed E-state index contributed by atoms with van der Waals surface area (Å²) < 4.78 is 0. The molecule has 0 aliphatic rings. The van der Waals surface area contributed by atoms with E-state index in [1.54, 1.807) is 0 Å². The zero-order valence-corrected chi connectivity index (χ0v) is 11.5. The van der Waals surface area contributed by atoms with Crippen LogP contribution >= 0.6 is 23.2 Å². The molecule has 0 radical (unpaired) electrons. The van der Waals surface area contributed by atoms with Gasteiger partial charge in [-0.05, 0) is 36.2 Å². The van der Waals surface area contributed by atoms with Crippen LogP contribution in [0, 0.1) is 6.92 Å². The number of anilines is 2. The summed E-state index contributed by atoms with van der Waals surface area (Å²) in [6.45, 7) is 2.54. The molecule has 2 aromatic carbocycles. The predicted octanol–water partition coefficient (Wildman–Crippen LogP) is 4.50. The van der Waals surface area contributed by atoms with Crippen molar-refractivity contribution in [3.63, 3.8) is 0 Å². The molecule has 0 unspecified atom stereocenters. The molecule has 0 saturated heterocycles. The Bertz CT molecular complexity index is 568. The van der Waals surface area contributed by atoms with E-state index in [-0.39, 0.29) is 0 Å². The highest BCUT2D eigenvalue weighted by atomic mass is 35.5. The average Bonchev–Trinajstić information content (AvgIpc) is 2.34. The van der Waals surface area contributed by atoms with Gasteiger partial charge in [0.1, 0.15) is 0 Å². The minimum atomic E-state index is 0.617. The fraction of sp³-hybridized carbons (Fsp3) is 0.143. The van der Waals surface area contributed by atoms with Crippen LogP contribution in [0.4, 0.5) is 11.4 Å². The van der Waals surface area contributed by atoms with Gasteiger partial charge in [-0.2, -0.15) is 0 Å². The number of para-hydroxylation sites is 1. The van der Waals surface area contributed by atoms with Crippen LogP contribution in [-0.2, 0) is 6.54 Å². The summed E-state index contributed by atoms with van der Waals surface area (Å²) in [5, 5.41) is 4.60. The normalized spacial score (nSPS) is 10.4. The summed E-state index contributed by atoms with van der Waals surface area (Å²) in [7, 11) is 0. The van der Waals surface area contributed by atoms with Gasteiger partial charge in [-0.3, -0.25) is 0 Å². The third-order valence-corrected chi connectivity index (χ3v) is 3.49. The predicted molar refractivity (Wildman–Crippen MR) is 79.4 cm³/mol. The lowest BCUT2D eigenvalue weighted by Gasteiger charge is -2.11. The second kappa shape index (κ2) is 5.51. The molecule has 2 aromatic rings. The highest BCUT2D eigenvalue weighted by Crippen LogP contribution is 2.29. The molecule has 0 spiro atoms. The van der Waals surface area contributed by atoms with Gasteiger partial charge >= 0.3 is 0 Å². The third kappa shape index (κ3) is 2.89. The fourth-order valence-electron chi connectivity index (χ4n) is 1.67. The first kappa shape index (κ1) is 13.1. The van der Waals surface area contributed by atoms with Crippen LogP contribution in [0.3, 0.4) is 0 Å². The highest BCUT2D eigenvalue weighted by Gasteiger charge is 2.05. The van der Waals surface area contributed by atoms with Crippen molar-refractivity contribution in [1.82, 2.24) is 0 Å². The monoisotopic (exact) mass is 280 g/mol. The summed E-state index contributed by atoms with van der Waals surface area (Å²) in [5.74, 6) is 0. The SMILES string of the molecule is Cc1cc(Cl)c(NCc2ccccc2N)cc1Cl. The van der Waals surface area contributed by atoms with E-state index >= 15 is 0 Å². The van der Waals surface area contributed by atoms with E-state index in [0.717, 1.165) is 22.5 Å². The molecule has 2 nitrogen and oxygen atoms in total. The van der Waals surface area contributed by atoms with Crippen molar-refractivity contribution < 1.29 is 0 Å². The van der Waals surface area contributed by atoms with Gasteiger partial charge in [-0.1, -0.05) is 41.4 Å². The number of nitrogens with one attached hydrogen (secondary N) is 1. The topological polar surface area (TPSA) is 38.0 Å². The van der Waals surface area contributed by atoms with Crippen molar-refractivity contribution >= 4 is 34.6 Å². The maximum atomic E-state index is 6.16. The number of hydrogen-bond donors (Lipinski definition) is 2. The van der Waals surface area contributed by atoms with Crippen molar-refractivity contribution in [2.24, 2.45) is 0 Å². The van der Waals surface area contributed by atoms with E-state index in [2.05, 4.69) is 5.32 Å². The van der Waals surface area contributed by atoms with Crippen molar-refractivity contribution in [3.05, 3.63) is 57.6 Å². The first-order valence-corrected chi connectivity index (χ1v) is 6.36. The molecule has 0 heterocycles. The quantitative estimate of drug-likeness (QED) is 0.813. The molecular formula is C14H14Cl2N2. The number of nitrogens with two attached hydrogens (primary N) is 1. The van der Waals surface area contributed by atoms with E-state index in [1.807, 2.05) is 43.3 Å². The molecular weight excluding hydrogens is 267 g/mol. The van der Waals surface area contributed by atoms with Gasteiger partial charge < -0.3 is 11.1 Å². The molecule has 0 aliphatic carbocycles. The number of halogens is 2. The molecule has 18 heavy (non-hydrogen) atoms. The highest BCUT2D eigenvalue weighted by molar-refractivity contribution is 6.35. The van der Waals surface area contributed by atoms with Gasteiger partial charge in [0.05, 0.1) is 10.7 Å². The second-order valence-electron chi connectivity index (χ2n) is 4.13. The summed E-state index contributed by atoms with van der Waals surface area (Å²) in [5.41, 5.74) is 9.45. The zero-order chi connectivity index (χ0) is 13.1. The minimum Gasteiger partial charge on any atom is -0.398 e. The maximum Gasteiger partial charge on any atom is 0.0641 e. The molecule has 0 fully saturated rings. The molecule has 0 aliphatic heterocycles. The van der Waals surface area contributed by atoms with Crippen molar-refractivity contribution in [1.29, 1.82) is 0 Å². The maximum absolute atomic E-state index is 6.16. The Labute approximate surface area is 117 Å². The Morgan fingerprint density at radius 2 is 1.83 bits per heavy atom. The molecule has 0 aromatic heterocycles. The summed E-state index contributed by atoms with van der Waals surface area (Å²) >= 11 is 12.2. The van der Waals surface area contributed by atoms with Gasteiger partial charge in [0.2, 0.25) is 0 Å². The van der Waals surface area contributed by atoms with Crippen LogP contribution in [0.15, 0.2) is 36.4 Å². The van der Waals surface area contributed by atoms with Gasteiger partial charge in [-0.25, -0.2) is 0 Å². The fourth-order valence-corrected chi connectivity index (χ4v) is 2.12. The van der Waals surface area contributed by atoms with Gasteiger partial charge in [-0.15, -0.1) is 0 Å². The van der Waals surface area contributed by atoms with E-state index in [0.29, 0.717) is 16.6 Å². The van der Waals surface area contributed by atoms with Gasteiger partial charge in [0.15, 0.2) is 0 Å². The van der Waals surface area contributed by atoms with Crippen LogP contribution in [0.2, 0.25) is 10.0 Å². The molecule has 0 bridgehead atoms. The zero-order valence-electron chi connectivity index (χ0n) is 10.0. The van der Waals surface area contributed by atoms with Gasteiger partial charge in [0.25, 0.3) is 0 Å². The Hall–Kier alpha value is -1.38. The largest absolute Gasteiger partial charge is 0.398 e. The van der Waals surface area contributed by atoms with Crippen molar-refractivity contribution in [2.75, 3.05) is 11.1 Å². The second-order valence-corrected chi connectivity index (χ2v) is 4.95. The summed E-state index contributed by atoms with van der Waals surface area (Å²) in [6.07, 6.45) is 0. The number of rotatable bonds is 3. The van der Waals surface area contributed by atoms with Crippen LogP contribution in [0.1, 0.15) is 11.1 Å². The summed E-state index contributed by atoms with van der Waals surface area (Å²) in [4.78, 5) is 0. The van der Waals surface area contributed by atoms with Crippen molar-refractivity contribution in [3.8, 4) is 0 Å². The number of benzene rings is 2. The lowest BCUT2D eigenvalue weighted by atomic mass is 10.1. The molecule has 0 amide bonds. The molecule has 3 N–H and O–H groups in total. The number of aryl methyl sites for hydroxylation is 1. The molecule has 0 atom stereocenters. The average molecular weight is 281 g/mol. The van der Waals surface area contributed by atoms with E-state index in [1.165, 1.54) is 0 Å². The Balaban J connectivity index is 2.16. The minimum absolute atomic E-state index is 0.617. The van der Waals surface area contributed by atoms with Crippen LogP contribution < -0.4 is 11.1 Å². The lowest BCUT2D eigenvalue weighted by molar-refractivity contribution is 1.15. The lowest BCUT2D eigenvalue weighted by Crippen LogP contribution is -2.03. The Morgan fingerprint density at radius 1 is 1.11 bits per heavy atom. The van der Waals surface area contributed by atoms with Crippen LogP contribution in [0.5, 0.6) is 0 Å². The van der Waals surface area contributed by atoms with E-state index < -0.39 is 0 Å². The molecule has 2 rings (SSSR count). The molecule has 94 valence electrons. The summed E-state index contributed by atoms with van der Waals surface area (Å²) in [6, 6.07) is 11.4.